The number of carbonyl (C=O) groups excluding carboxylic acids is 3. The second kappa shape index (κ2) is 6.88. The number of esters is 1. The van der Waals surface area contributed by atoms with E-state index in [4.69, 9.17) is 4.74 Å². The fraction of sp³-hybridized carbons (Fsp3) is 0.400. The molecule has 0 spiro atoms. The predicted octanol–water partition coefficient (Wildman–Crippen LogP) is 1.18. The summed E-state index contributed by atoms with van der Waals surface area (Å²) in [6.45, 7) is 1.47. The van der Waals surface area contributed by atoms with Gasteiger partial charge in [0.25, 0.3) is 11.8 Å². The van der Waals surface area contributed by atoms with Crippen molar-refractivity contribution < 1.29 is 19.1 Å². The number of hydrogen-bond donors (Lipinski definition) is 2. The first-order valence-electron chi connectivity index (χ1n) is 6.93. The highest BCUT2D eigenvalue weighted by molar-refractivity contribution is 5.95. The molecule has 1 aliphatic rings. The van der Waals surface area contributed by atoms with Gasteiger partial charge in [-0.3, -0.25) is 25.2 Å². The van der Waals surface area contributed by atoms with Crippen molar-refractivity contribution in [1.82, 2.24) is 10.9 Å². The van der Waals surface area contributed by atoms with Crippen molar-refractivity contribution in [2.45, 2.75) is 32.3 Å². The van der Waals surface area contributed by atoms with Gasteiger partial charge in [0.2, 0.25) is 0 Å². The first kappa shape index (κ1) is 15.0. The number of amides is 2. The van der Waals surface area contributed by atoms with Gasteiger partial charge in [0.1, 0.15) is 0 Å². The Kier molecular flexibility index (Phi) is 4.92. The third-order valence-electron chi connectivity index (χ3n) is 3.44. The summed E-state index contributed by atoms with van der Waals surface area (Å²) in [5, 5.41) is 0. The average Bonchev–Trinajstić information content (AvgIpc) is 2.43. The number of benzene rings is 1. The maximum Gasteiger partial charge on any atom is 0.309 e. The van der Waals surface area contributed by atoms with E-state index in [9.17, 15) is 14.4 Å². The highest BCUT2D eigenvalue weighted by Crippen LogP contribution is 2.27. The Morgan fingerprint density at radius 1 is 1.14 bits per heavy atom. The van der Waals surface area contributed by atoms with Crippen molar-refractivity contribution in [3.63, 3.8) is 0 Å². The van der Waals surface area contributed by atoms with E-state index in [2.05, 4.69) is 10.9 Å². The van der Waals surface area contributed by atoms with E-state index in [0.717, 1.165) is 19.3 Å². The van der Waals surface area contributed by atoms with Crippen LogP contribution in [0.3, 0.4) is 0 Å². The highest BCUT2D eigenvalue weighted by Gasteiger charge is 2.29. The molecule has 0 unspecified atom stereocenters. The molecule has 112 valence electrons. The normalized spacial score (nSPS) is 15.5. The number of rotatable bonds is 4. The molecule has 2 rings (SSSR count). The Morgan fingerprint density at radius 2 is 1.81 bits per heavy atom. The maximum absolute atomic E-state index is 11.7. The molecule has 0 bridgehead atoms. The molecule has 1 fully saturated rings. The number of carbonyl (C=O) groups is 3. The molecule has 0 heterocycles. The van der Waals surface area contributed by atoms with Crippen molar-refractivity contribution in [3.8, 4) is 0 Å². The second-order valence-corrected chi connectivity index (χ2v) is 5.02. The number of hydrazine groups is 1. The van der Waals surface area contributed by atoms with Gasteiger partial charge in [-0.25, -0.2) is 0 Å². The number of hydrogen-bond acceptors (Lipinski definition) is 4. The smallest absolute Gasteiger partial charge is 0.309 e. The van der Waals surface area contributed by atoms with E-state index in [0.29, 0.717) is 5.56 Å². The Balaban J connectivity index is 1.75. The first-order valence-corrected chi connectivity index (χ1v) is 6.93. The molecular weight excluding hydrogens is 272 g/mol. The minimum absolute atomic E-state index is 0.0841. The summed E-state index contributed by atoms with van der Waals surface area (Å²) in [5.74, 6) is -1.43. The van der Waals surface area contributed by atoms with Gasteiger partial charge in [-0.2, -0.15) is 0 Å². The Morgan fingerprint density at radius 3 is 2.38 bits per heavy atom. The van der Waals surface area contributed by atoms with Gasteiger partial charge in [-0.15, -0.1) is 0 Å². The lowest BCUT2D eigenvalue weighted by Crippen LogP contribution is -2.47. The van der Waals surface area contributed by atoms with Crippen LogP contribution in [0.15, 0.2) is 30.3 Å². The summed E-state index contributed by atoms with van der Waals surface area (Å²) in [6.07, 6.45) is 1.72. The zero-order valence-corrected chi connectivity index (χ0v) is 11.8. The van der Waals surface area contributed by atoms with Crippen LogP contribution in [0.1, 0.15) is 36.5 Å². The monoisotopic (exact) mass is 290 g/mol. The Bertz CT molecular complexity index is 526. The molecule has 6 nitrogen and oxygen atoms in total. The molecule has 0 aromatic heterocycles. The molecule has 1 aromatic rings. The quantitative estimate of drug-likeness (QED) is 0.644. The molecule has 1 aromatic carbocycles. The van der Waals surface area contributed by atoms with Crippen LogP contribution in [0.2, 0.25) is 0 Å². The number of nitrogens with one attached hydrogen (secondary N) is 2. The minimum atomic E-state index is -0.936. The molecular formula is C15H18N2O4. The van der Waals surface area contributed by atoms with Gasteiger partial charge in [0, 0.05) is 5.56 Å². The summed E-state index contributed by atoms with van der Waals surface area (Å²) in [5.41, 5.74) is 4.95. The lowest BCUT2D eigenvalue weighted by atomic mass is 9.86. The van der Waals surface area contributed by atoms with Crippen molar-refractivity contribution in [1.29, 1.82) is 0 Å². The summed E-state index contributed by atoms with van der Waals surface area (Å²) >= 11 is 0. The van der Waals surface area contributed by atoms with Gasteiger partial charge >= 0.3 is 5.97 Å². The second-order valence-electron chi connectivity index (χ2n) is 5.02. The van der Waals surface area contributed by atoms with Crippen molar-refractivity contribution in [2.75, 3.05) is 0 Å². The number of ether oxygens (including phenoxy) is 1. The molecule has 0 radical (unpaired) electrons. The van der Waals surface area contributed by atoms with E-state index in [1.165, 1.54) is 6.92 Å². The standard InChI is InChI=1S/C15H18N2O4/c1-10(21-15(20)12-8-5-9-12)13(18)16-17-14(19)11-6-3-2-4-7-11/h2-4,6-7,10,12H,5,8-9H2,1H3,(H,16,18)(H,17,19)/t10-/m0/s1. The van der Waals surface area contributed by atoms with E-state index in [-0.39, 0.29) is 11.9 Å². The Labute approximate surface area is 122 Å². The third-order valence-corrected chi connectivity index (χ3v) is 3.44. The topological polar surface area (TPSA) is 84.5 Å². The van der Waals surface area contributed by atoms with Crippen LogP contribution in [-0.2, 0) is 14.3 Å². The molecule has 1 saturated carbocycles. The van der Waals surface area contributed by atoms with Crippen LogP contribution >= 0.6 is 0 Å². The summed E-state index contributed by atoms with van der Waals surface area (Å²) in [7, 11) is 0. The van der Waals surface area contributed by atoms with Gasteiger partial charge in [-0.05, 0) is 31.9 Å². The maximum atomic E-state index is 11.7. The average molecular weight is 290 g/mol. The Hall–Kier alpha value is -2.37. The fourth-order valence-corrected chi connectivity index (χ4v) is 1.85. The van der Waals surface area contributed by atoms with Crippen LogP contribution in [0.5, 0.6) is 0 Å². The van der Waals surface area contributed by atoms with Crippen LogP contribution in [0.4, 0.5) is 0 Å². The summed E-state index contributed by atoms with van der Waals surface area (Å²) in [6, 6.07) is 8.49. The van der Waals surface area contributed by atoms with E-state index < -0.39 is 17.9 Å². The minimum Gasteiger partial charge on any atom is -0.452 e. The van der Waals surface area contributed by atoms with Crippen LogP contribution in [0, 0.1) is 5.92 Å². The van der Waals surface area contributed by atoms with Crippen molar-refractivity contribution in [2.24, 2.45) is 5.92 Å². The van der Waals surface area contributed by atoms with Crippen LogP contribution < -0.4 is 10.9 Å². The third kappa shape index (κ3) is 4.05. The lowest BCUT2D eigenvalue weighted by Gasteiger charge is -2.24. The zero-order valence-electron chi connectivity index (χ0n) is 11.8. The molecule has 6 heteroatoms. The van der Waals surface area contributed by atoms with E-state index >= 15 is 0 Å². The largest absolute Gasteiger partial charge is 0.452 e. The predicted molar refractivity (Wildman–Crippen MR) is 74.9 cm³/mol. The van der Waals surface area contributed by atoms with E-state index in [1.807, 2.05) is 0 Å². The van der Waals surface area contributed by atoms with Gasteiger partial charge in [-0.1, -0.05) is 24.6 Å². The molecule has 1 aliphatic carbocycles. The van der Waals surface area contributed by atoms with Crippen LogP contribution in [-0.4, -0.2) is 23.9 Å². The van der Waals surface area contributed by atoms with Crippen molar-refractivity contribution >= 4 is 17.8 Å². The first-order chi connectivity index (χ1) is 10.1. The van der Waals surface area contributed by atoms with Crippen LogP contribution in [0.25, 0.3) is 0 Å². The van der Waals surface area contributed by atoms with E-state index in [1.54, 1.807) is 30.3 Å². The molecule has 21 heavy (non-hydrogen) atoms. The molecule has 0 aliphatic heterocycles. The highest BCUT2D eigenvalue weighted by atomic mass is 16.5. The lowest BCUT2D eigenvalue weighted by molar-refractivity contribution is -0.161. The molecule has 2 amide bonds. The fourth-order valence-electron chi connectivity index (χ4n) is 1.85. The molecule has 0 saturated heterocycles. The SMILES string of the molecule is C[C@H](OC(=O)C1CCC1)C(=O)NNC(=O)c1ccccc1. The van der Waals surface area contributed by atoms with Gasteiger partial charge in [0.15, 0.2) is 6.10 Å². The molecule has 2 N–H and O–H groups in total. The van der Waals surface area contributed by atoms with Gasteiger partial charge in [0.05, 0.1) is 5.92 Å². The summed E-state index contributed by atoms with van der Waals surface area (Å²) < 4.78 is 5.05. The van der Waals surface area contributed by atoms with Crippen molar-refractivity contribution in [3.05, 3.63) is 35.9 Å². The molecule has 1 atom stereocenters. The van der Waals surface area contributed by atoms with Gasteiger partial charge < -0.3 is 4.74 Å². The summed E-state index contributed by atoms with van der Waals surface area (Å²) in [4.78, 5) is 35.1. The zero-order chi connectivity index (χ0) is 15.2.